The topological polar surface area (TPSA) is 84.3 Å². The van der Waals surface area contributed by atoms with Crippen LogP contribution < -0.4 is 16.8 Å². The second kappa shape index (κ2) is 4.69. The molecule has 4 heteroatoms. The Morgan fingerprint density at radius 1 is 1.56 bits per heavy atom. The highest BCUT2D eigenvalue weighted by atomic mass is 16.3. The molecule has 0 unspecified atom stereocenters. The summed E-state index contributed by atoms with van der Waals surface area (Å²) in [5, 5.41) is 11.4. The number of nitrogens with two attached hydrogens (primary N) is 2. The van der Waals surface area contributed by atoms with E-state index in [-0.39, 0.29) is 6.17 Å². The molecule has 0 fully saturated rings. The number of hydrogen-bond acceptors (Lipinski definition) is 4. The molecule has 0 spiro atoms. The maximum absolute atomic E-state index is 8.56. The zero-order valence-electron chi connectivity index (χ0n) is 5.67. The molecule has 4 nitrogen and oxygen atoms in total. The molecular weight excluding hydrogens is 118 g/mol. The lowest BCUT2D eigenvalue weighted by Gasteiger charge is -2.11. The summed E-state index contributed by atoms with van der Waals surface area (Å²) in [6.07, 6.45) is -0.0157. The van der Waals surface area contributed by atoms with Gasteiger partial charge in [0.2, 0.25) is 0 Å². The summed E-state index contributed by atoms with van der Waals surface area (Å²) in [5.41, 5.74) is 10.5. The molecule has 0 amide bonds. The lowest BCUT2D eigenvalue weighted by atomic mass is 10.4. The van der Waals surface area contributed by atoms with Crippen molar-refractivity contribution in [3.63, 3.8) is 0 Å². The quantitative estimate of drug-likeness (QED) is 0.353. The second-order valence-corrected chi connectivity index (χ2v) is 1.99. The van der Waals surface area contributed by atoms with E-state index < -0.39 is 6.23 Å². The summed E-state index contributed by atoms with van der Waals surface area (Å²) in [7, 11) is 0. The van der Waals surface area contributed by atoms with Gasteiger partial charge in [-0.2, -0.15) is 0 Å². The van der Waals surface area contributed by atoms with Crippen molar-refractivity contribution in [1.29, 1.82) is 0 Å². The molecular formula is C5H15N3O. The minimum atomic E-state index is -0.803. The maximum atomic E-state index is 8.56. The fraction of sp³-hybridized carbons (Fsp3) is 1.00. The largest absolute Gasteiger partial charge is 0.377 e. The van der Waals surface area contributed by atoms with Crippen LogP contribution in [0, 0.1) is 0 Å². The van der Waals surface area contributed by atoms with E-state index in [9.17, 15) is 0 Å². The lowest BCUT2D eigenvalue weighted by molar-refractivity contribution is 0.174. The number of aliphatic hydroxyl groups excluding tert-OH is 1. The molecule has 0 saturated heterocycles. The molecule has 0 radical (unpaired) electrons. The van der Waals surface area contributed by atoms with E-state index in [0.717, 1.165) is 6.42 Å². The molecule has 0 aliphatic heterocycles. The van der Waals surface area contributed by atoms with Gasteiger partial charge in [0.25, 0.3) is 0 Å². The number of hydrogen-bond donors (Lipinski definition) is 4. The Labute approximate surface area is 55.2 Å². The number of nitrogens with one attached hydrogen (secondary N) is 1. The Bertz CT molecular complexity index is 67.2. The minimum absolute atomic E-state index is 0.0526. The zero-order chi connectivity index (χ0) is 7.28. The summed E-state index contributed by atoms with van der Waals surface area (Å²) in [5.74, 6) is 0. The summed E-state index contributed by atoms with van der Waals surface area (Å²) in [6, 6.07) is 0. The highest BCUT2D eigenvalue weighted by molar-refractivity contribution is 4.57. The molecule has 2 atom stereocenters. The van der Waals surface area contributed by atoms with Gasteiger partial charge in [0, 0.05) is 6.54 Å². The van der Waals surface area contributed by atoms with Crippen LogP contribution in [0.15, 0.2) is 0 Å². The molecule has 9 heavy (non-hydrogen) atoms. The van der Waals surface area contributed by atoms with Crippen LogP contribution in [-0.4, -0.2) is 24.0 Å². The lowest BCUT2D eigenvalue weighted by Crippen LogP contribution is -2.43. The van der Waals surface area contributed by atoms with Gasteiger partial charge in [0.05, 0.1) is 6.17 Å². The molecule has 56 valence electrons. The fourth-order valence-corrected chi connectivity index (χ4v) is 0.416. The molecule has 0 bridgehead atoms. The Kier molecular flexibility index (Phi) is 4.61. The number of aliphatic hydroxyl groups is 1. The molecule has 0 aliphatic carbocycles. The minimum Gasteiger partial charge on any atom is -0.377 e. The summed E-state index contributed by atoms with van der Waals surface area (Å²) < 4.78 is 0. The van der Waals surface area contributed by atoms with E-state index in [1.807, 2.05) is 6.92 Å². The molecule has 0 rings (SSSR count). The highest BCUT2D eigenvalue weighted by Crippen LogP contribution is 1.78. The molecule has 0 aromatic heterocycles. The van der Waals surface area contributed by atoms with Gasteiger partial charge < -0.3 is 16.6 Å². The van der Waals surface area contributed by atoms with Crippen molar-refractivity contribution in [3.05, 3.63) is 0 Å². The van der Waals surface area contributed by atoms with Crippen molar-refractivity contribution in [2.45, 2.75) is 25.7 Å². The van der Waals surface area contributed by atoms with Crippen LogP contribution in [0.4, 0.5) is 0 Å². The van der Waals surface area contributed by atoms with Gasteiger partial charge in [-0.05, 0) is 6.42 Å². The normalized spacial score (nSPS) is 17.3. The Morgan fingerprint density at radius 3 is 2.44 bits per heavy atom. The highest BCUT2D eigenvalue weighted by Gasteiger charge is 1.98. The second-order valence-electron chi connectivity index (χ2n) is 1.99. The third kappa shape index (κ3) is 5.72. The van der Waals surface area contributed by atoms with E-state index in [1.165, 1.54) is 0 Å². The molecule has 0 aromatic carbocycles. The van der Waals surface area contributed by atoms with E-state index in [0.29, 0.717) is 6.54 Å². The third-order valence-electron chi connectivity index (χ3n) is 1.03. The molecule has 6 N–H and O–H groups in total. The van der Waals surface area contributed by atoms with Crippen LogP contribution in [0.1, 0.15) is 13.3 Å². The predicted molar refractivity (Wildman–Crippen MR) is 36.5 cm³/mol. The van der Waals surface area contributed by atoms with Gasteiger partial charge in [-0.25, -0.2) is 0 Å². The van der Waals surface area contributed by atoms with Crippen LogP contribution in [0.2, 0.25) is 0 Å². The van der Waals surface area contributed by atoms with Gasteiger partial charge in [-0.1, -0.05) is 6.92 Å². The Morgan fingerprint density at radius 2 is 2.11 bits per heavy atom. The van der Waals surface area contributed by atoms with Crippen molar-refractivity contribution in [1.82, 2.24) is 5.32 Å². The standard InChI is InChI=1S/C5H15N3O/c1-2-4(6)8-3-5(7)9/h4-5,8-9H,2-3,6-7H2,1H3/t4-,5+/m0/s1. The smallest absolute Gasteiger partial charge is 0.115 e. The van der Waals surface area contributed by atoms with Crippen molar-refractivity contribution in [2.24, 2.45) is 11.5 Å². The van der Waals surface area contributed by atoms with Gasteiger partial charge in [0.15, 0.2) is 0 Å². The number of rotatable bonds is 4. The van der Waals surface area contributed by atoms with Crippen molar-refractivity contribution in [2.75, 3.05) is 6.54 Å². The molecule has 0 aromatic rings. The predicted octanol–water partition coefficient (Wildman–Crippen LogP) is -1.45. The zero-order valence-corrected chi connectivity index (χ0v) is 5.67. The van der Waals surface area contributed by atoms with Crippen LogP contribution in [-0.2, 0) is 0 Å². The van der Waals surface area contributed by atoms with Crippen LogP contribution >= 0.6 is 0 Å². The average Bonchev–Trinajstić information content (AvgIpc) is 1.83. The first-order chi connectivity index (χ1) is 4.16. The van der Waals surface area contributed by atoms with Crippen LogP contribution in [0.25, 0.3) is 0 Å². The summed E-state index contributed by atoms with van der Waals surface area (Å²) >= 11 is 0. The van der Waals surface area contributed by atoms with Crippen LogP contribution in [0.5, 0.6) is 0 Å². The fourth-order valence-electron chi connectivity index (χ4n) is 0.416. The van der Waals surface area contributed by atoms with Gasteiger partial charge in [-0.3, -0.25) is 5.32 Å². The Hall–Kier alpha value is -0.160. The van der Waals surface area contributed by atoms with E-state index in [1.54, 1.807) is 0 Å². The van der Waals surface area contributed by atoms with E-state index >= 15 is 0 Å². The first-order valence-corrected chi connectivity index (χ1v) is 3.09. The summed E-state index contributed by atoms with van der Waals surface area (Å²) in [4.78, 5) is 0. The molecule has 0 saturated carbocycles. The first kappa shape index (κ1) is 8.84. The van der Waals surface area contributed by atoms with Crippen molar-refractivity contribution < 1.29 is 5.11 Å². The molecule has 0 aliphatic rings. The molecule has 0 heterocycles. The Balaban J connectivity index is 3.06. The van der Waals surface area contributed by atoms with E-state index in [4.69, 9.17) is 16.6 Å². The average molecular weight is 133 g/mol. The first-order valence-electron chi connectivity index (χ1n) is 3.09. The maximum Gasteiger partial charge on any atom is 0.115 e. The van der Waals surface area contributed by atoms with Crippen molar-refractivity contribution >= 4 is 0 Å². The van der Waals surface area contributed by atoms with Gasteiger partial charge >= 0.3 is 0 Å². The third-order valence-corrected chi connectivity index (χ3v) is 1.03. The van der Waals surface area contributed by atoms with Crippen LogP contribution in [0.3, 0.4) is 0 Å². The van der Waals surface area contributed by atoms with Gasteiger partial charge in [0.1, 0.15) is 6.23 Å². The van der Waals surface area contributed by atoms with E-state index in [2.05, 4.69) is 5.32 Å². The summed E-state index contributed by atoms with van der Waals surface area (Å²) in [6.45, 7) is 2.32. The monoisotopic (exact) mass is 133 g/mol. The van der Waals surface area contributed by atoms with Gasteiger partial charge in [-0.15, -0.1) is 0 Å². The van der Waals surface area contributed by atoms with Crippen molar-refractivity contribution in [3.8, 4) is 0 Å². The SMILES string of the molecule is CC[C@@H](N)NC[C@H](N)O.